The minimum atomic E-state index is 0.0160. The summed E-state index contributed by atoms with van der Waals surface area (Å²) in [5, 5.41) is 0. The molecule has 1 aromatic carbocycles. The van der Waals surface area contributed by atoms with Gasteiger partial charge in [-0.15, -0.1) is 0 Å². The van der Waals surface area contributed by atoms with E-state index in [4.69, 9.17) is 9.72 Å². The number of fused-ring (bicyclic) bond motifs is 1. The van der Waals surface area contributed by atoms with Gasteiger partial charge in [-0.2, -0.15) is 0 Å². The maximum atomic E-state index is 12.8. The molecule has 0 aliphatic carbocycles. The predicted molar refractivity (Wildman–Crippen MR) is 127 cm³/mol. The molecule has 5 rings (SSSR count). The number of aromatic nitrogens is 2. The third-order valence-corrected chi connectivity index (χ3v) is 6.92. The summed E-state index contributed by atoms with van der Waals surface area (Å²) in [6.07, 6.45) is 4.96. The van der Waals surface area contributed by atoms with E-state index in [0.29, 0.717) is 5.95 Å². The Morgan fingerprint density at radius 1 is 1.00 bits per heavy atom. The average Bonchev–Trinajstić information content (AvgIpc) is 2.79. The molecule has 7 heteroatoms. The third kappa shape index (κ3) is 4.69. The highest BCUT2D eigenvalue weighted by molar-refractivity contribution is 5.48. The number of rotatable bonds is 4. The lowest BCUT2D eigenvalue weighted by molar-refractivity contribution is -0.00576. The molecular weight excluding hydrogens is 402 g/mol. The Balaban J connectivity index is 1.27. The van der Waals surface area contributed by atoms with Gasteiger partial charge in [0.05, 0.1) is 17.9 Å². The summed E-state index contributed by atoms with van der Waals surface area (Å²) >= 11 is 0. The highest BCUT2D eigenvalue weighted by atomic mass is 16.5. The number of piperidine rings is 1. The van der Waals surface area contributed by atoms with Crippen LogP contribution in [-0.2, 0) is 24.2 Å². The molecule has 0 bridgehead atoms. The fourth-order valence-corrected chi connectivity index (χ4v) is 5.34. The molecule has 4 heterocycles. The van der Waals surface area contributed by atoms with Gasteiger partial charge in [-0.1, -0.05) is 12.1 Å². The van der Waals surface area contributed by atoms with Crippen LogP contribution < -0.4 is 15.4 Å². The van der Waals surface area contributed by atoms with Gasteiger partial charge in [0.15, 0.2) is 0 Å². The van der Waals surface area contributed by atoms with E-state index in [1.165, 1.54) is 43.6 Å². The lowest BCUT2D eigenvalue weighted by Gasteiger charge is -2.36. The minimum Gasteiger partial charge on any atom is -0.372 e. The maximum absolute atomic E-state index is 12.8. The van der Waals surface area contributed by atoms with Crippen LogP contribution in [0.2, 0.25) is 0 Å². The van der Waals surface area contributed by atoms with Gasteiger partial charge in [0, 0.05) is 57.1 Å². The van der Waals surface area contributed by atoms with Crippen LogP contribution in [0.15, 0.2) is 29.1 Å². The summed E-state index contributed by atoms with van der Waals surface area (Å²) in [5.74, 6) is 0.684. The van der Waals surface area contributed by atoms with Gasteiger partial charge >= 0.3 is 0 Å². The van der Waals surface area contributed by atoms with Crippen molar-refractivity contribution in [2.75, 3.05) is 42.5 Å². The van der Waals surface area contributed by atoms with Gasteiger partial charge in [0.2, 0.25) is 5.95 Å². The molecule has 3 aliphatic heterocycles. The number of morpholine rings is 1. The van der Waals surface area contributed by atoms with Gasteiger partial charge < -0.3 is 14.5 Å². The molecule has 7 nitrogen and oxygen atoms in total. The number of benzene rings is 1. The Morgan fingerprint density at radius 2 is 1.72 bits per heavy atom. The first-order valence-corrected chi connectivity index (χ1v) is 12.1. The quantitative estimate of drug-likeness (QED) is 0.794. The van der Waals surface area contributed by atoms with E-state index < -0.39 is 0 Å². The van der Waals surface area contributed by atoms with Crippen LogP contribution in [0.1, 0.15) is 49.9 Å². The SMILES string of the molecule is C[C@H]1CN(c2nc3c(c(=O)[nH]2)CCN(Cc2ccc(N4CCCCC4)cc2)C3)C[C@H](C)O1. The van der Waals surface area contributed by atoms with E-state index in [9.17, 15) is 4.79 Å². The van der Waals surface area contributed by atoms with Crippen LogP contribution in [0, 0.1) is 0 Å². The van der Waals surface area contributed by atoms with E-state index >= 15 is 0 Å². The Hall–Kier alpha value is -2.38. The molecule has 0 spiro atoms. The van der Waals surface area contributed by atoms with Crippen molar-refractivity contribution in [2.45, 2.75) is 64.8 Å². The predicted octanol–water partition coefficient (Wildman–Crippen LogP) is 2.93. The number of anilines is 2. The Bertz CT molecular complexity index is 973. The maximum Gasteiger partial charge on any atom is 0.255 e. The van der Waals surface area contributed by atoms with Crippen LogP contribution in [0.5, 0.6) is 0 Å². The molecule has 2 fully saturated rings. The second-order valence-electron chi connectivity index (χ2n) is 9.65. The van der Waals surface area contributed by atoms with Crippen molar-refractivity contribution in [3.05, 3.63) is 51.4 Å². The molecule has 2 aromatic rings. The molecule has 172 valence electrons. The monoisotopic (exact) mass is 437 g/mol. The lowest BCUT2D eigenvalue weighted by atomic mass is 10.1. The average molecular weight is 438 g/mol. The Labute approximate surface area is 190 Å². The standard InChI is InChI=1S/C25H35N5O2/c1-18-14-30(15-19(2)32-18)25-26-23-17-28(13-10-22(23)24(31)27-25)16-20-6-8-21(9-7-20)29-11-4-3-5-12-29/h6-9,18-19H,3-5,10-17H2,1-2H3,(H,26,27,31)/t18-,19-/m0/s1. The molecule has 0 amide bonds. The molecule has 0 saturated carbocycles. The summed E-state index contributed by atoms with van der Waals surface area (Å²) in [5.41, 5.74) is 4.44. The molecule has 0 radical (unpaired) electrons. The van der Waals surface area contributed by atoms with Crippen LogP contribution in [0.3, 0.4) is 0 Å². The molecular formula is C25H35N5O2. The first-order valence-electron chi connectivity index (χ1n) is 12.1. The molecule has 0 unspecified atom stereocenters. The number of hydrogen-bond acceptors (Lipinski definition) is 6. The van der Waals surface area contributed by atoms with Crippen LogP contribution >= 0.6 is 0 Å². The molecule has 2 atom stereocenters. The van der Waals surface area contributed by atoms with Gasteiger partial charge in [-0.25, -0.2) is 4.98 Å². The fourth-order valence-electron chi connectivity index (χ4n) is 5.34. The Morgan fingerprint density at radius 3 is 2.44 bits per heavy atom. The Kier molecular flexibility index (Phi) is 6.20. The van der Waals surface area contributed by atoms with Crippen molar-refractivity contribution < 1.29 is 4.74 Å². The minimum absolute atomic E-state index is 0.0160. The number of aromatic amines is 1. The number of ether oxygens (including phenoxy) is 1. The van der Waals surface area contributed by atoms with Gasteiger partial charge in [0.1, 0.15) is 0 Å². The first-order chi connectivity index (χ1) is 15.5. The first kappa shape index (κ1) is 21.5. The summed E-state index contributed by atoms with van der Waals surface area (Å²) < 4.78 is 5.84. The highest BCUT2D eigenvalue weighted by Gasteiger charge is 2.27. The van der Waals surface area contributed by atoms with Crippen molar-refractivity contribution >= 4 is 11.6 Å². The summed E-state index contributed by atoms with van der Waals surface area (Å²) in [4.78, 5) is 27.7. The molecule has 2 saturated heterocycles. The zero-order valence-electron chi connectivity index (χ0n) is 19.3. The van der Waals surface area contributed by atoms with Gasteiger partial charge in [-0.3, -0.25) is 14.7 Å². The second kappa shape index (κ2) is 9.24. The van der Waals surface area contributed by atoms with Crippen LogP contribution in [0.4, 0.5) is 11.6 Å². The van der Waals surface area contributed by atoms with Gasteiger partial charge in [0.25, 0.3) is 5.56 Å². The molecule has 1 N–H and O–H groups in total. The third-order valence-electron chi connectivity index (χ3n) is 6.92. The summed E-state index contributed by atoms with van der Waals surface area (Å²) in [7, 11) is 0. The van der Waals surface area contributed by atoms with Crippen LogP contribution in [-0.4, -0.2) is 59.8 Å². The largest absolute Gasteiger partial charge is 0.372 e. The van der Waals surface area contributed by atoms with Crippen molar-refractivity contribution in [3.8, 4) is 0 Å². The van der Waals surface area contributed by atoms with Gasteiger partial charge in [-0.05, 0) is 57.2 Å². The number of hydrogen-bond donors (Lipinski definition) is 1. The van der Waals surface area contributed by atoms with Crippen molar-refractivity contribution in [1.82, 2.24) is 14.9 Å². The van der Waals surface area contributed by atoms with Crippen molar-refractivity contribution in [3.63, 3.8) is 0 Å². The normalized spacial score (nSPS) is 24.4. The van der Waals surface area contributed by atoms with Crippen LogP contribution in [0.25, 0.3) is 0 Å². The van der Waals surface area contributed by atoms with E-state index in [1.807, 2.05) is 0 Å². The number of H-pyrrole nitrogens is 1. The summed E-state index contributed by atoms with van der Waals surface area (Å²) in [6.45, 7) is 10.5. The molecule has 32 heavy (non-hydrogen) atoms. The lowest BCUT2D eigenvalue weighted by Crippen LogP contribution is -2.47. The van der Waals surface area contributed by atoms with E-state index in [-0.39, 0.29) is 17.8 Å². The molecule has 3 aliphatic rings. The topological polar surface area (TPSA) is 64.7 Å². The fraction of sp³-hybridized carbons (Fsp3) is 0.600. The second-order valence-corrected chi connectivity index (χ2v) is 9.65. The van der Waals surface area contributed by atoms with Crippen molar-refractivity contribution in [2.24, 2.45) is 0 Å². The van der Waals surface area contributed by atoms with Crippen molar-refractivity contribution in [1.29, 1.82) is 0 Å². The summed E-state index contributed by atoms with van der Waals surface area (Å²) in [6, 6.07) is 9.04. The highest BCUT2D eigenvalue weighted by Crippen LogP contribution is 2.23. The van der Waals surface area contributed by atoms with E-state index in [2.05, 4.69) is 57.8 Å². The zero-order chi connectivity index (χ0) is 22.1. The number of nitrogens with zero attached hydrogens (tertiary/aromatic N) is 4. The zero-order valence-corrected chi connectivity index (χ0v) is 19.3. The van der Waals surface area contributed by atoms with E-state index in [1.54, 1.807) is 0 Å². The molecule has 1 aromatic heterocycles. The van der Waals surface area contributed by atoms with E-state index in [0.717, 1.165) is 50.4 Å². The smallest absolute Gasteiger partial charge is 0.255 e. The number of nitrogens with one attached hydrogen (secondary N) is 1.